The lowest BCUT2D eigenvalue weighted by Gasteiger charge is -2.35. The zero-order chi connectivity index (χ0) is 25.6. The Hall–Kier alpha value is -3.75. The summed E-state index contributed by atoms with van der Waals surface area (Å²) in [6.45, 7) is 6.36. The van der Waals surface area contributed by atoms with Gasteiger partial charge in [0, 0.05) is 33.8 Å². The number of methoxy groups -OCH3 is 1. The molecule has 0 saturated heterocycles. The number of hydrogen-bond donors (Lipinski definition) is 4. The maximum Gasteiger partial charge on any atom is 0.252 e. The minimum absolute atomic E-state index is 0.0311. The van der Waals surface area contributed by atoms with Gasteiger partial charge in [0.15, 0.2) is 11.5 Å². The van der Waals surface area contributed by atoms with Crippen molar-refractivity contribution in [1.82, 2.24) is 5.32 Å². The number of nitrogens with one attached hydrogen (secondary N) is 2. The smallest absolute Gasteiger partial charge is 0.252 e. The van der Waals surface area contributed by atoms with Crippen molar-refractivity contribution in [3.63, 3.8) is 0 Å². The van der Waals surface area contributed by atoms with Crippen LogP contribution in [0.1, 0.15) is 47.1 Å². The number of phenols is 1. The van der Waals surface area contributed by atoms with Crippen LogP contribution in [0.15, 0.2) is 41.8 Å². The van der Waals surface area contributed by atoms with E-state index in [4.69, 9.17) is 14.6 Å². The van der Waals surface area contributed by atoms with Crippen LogP contribution in [0.2, 0.25) is 0 Å². The Kier molecular flexibility index (Phi) is 6.02. The van der Waals surface area contributed by atoms with E-state index in [1.54, 1.807) is 18.2 Å². The Bertz CT molecular complexity index is 1430. The standard InChI is InChI=1S/C28H28N2O5S/c1-15-14-28(2,3)30-18-6-5-17-24(23(15)18)21(35-20-8-7-19(32)26(34-4)25(17)20)13-22-16(9-12-36-22)27(33)29-10-11-31/h5-9,12-14,30-32H,10-11H2,1-4H3,(H,29,33). The first-order valence-electron chi connectivity index (χ1n) is 11.7. The molecule has 5 rings (SSSR count). The summed E-state index contributed by atoms with van der Waals surface area (Å²) in [6, 6.07) is 9.08. The van der Waals surface area contributed by atoms with E-state index < -0.39 is 0 Å². The van der Waals surface area contributed by atoms with E-state index in [1.165, 1.54) is 18.4 Å². The van der Waals surface area contributed by atoms with E-state index in [1.807, 2.05) is 23.6 Å². The van der Waals surface area contributed by atoms with E-state index in [0.717, 1.165) is 32.8 Å². The number of amides is 1. The van der Waals surface area contributed by atoms with Crippen molar-refractivity contribution in [3.05, 3.63) is 63.4 Å². The summed E-state index contributed by atoms with van der Waals surface area (Å²) in [7, 11) is 1.52. The largest absolute Gasteiger partial charge is 0.504 e. The molecule has 1 aromatic heterocycles. The molecule has 0 unspecified atom stereocenters. The number of aliphatic hydroxyl groups is 1. The summed E-state index contributed by atoms with van der Waals surface area (Å²) in [6.07, 6.45) is 4.06. The van der Waals surface area contributed by atoms with Crippen molar-refractivity contribution in [2.75, 3.05) is 25.6 Å². The van der Waals surface area contributed by atoms with Gasteiger partial charge in [-0.15, -0.1) is 11.3 Å². The fourth-order valence-electron chi connectivity index (χ4n) is 4.95. The molecule has 186 valence electrons. The number of aromatic hydroxyl groups is 1. The van der Waals surface area contributed by atoms with Gasteiger partial charge in [0.05, 0.1) is 30.4 Å². The van der Waals surface area contributed by atoms with Gasteiger partial charge in [-0.1, -0.05) is 12.1 Å². The van der Waals surface area contributed by atoms with Gasteiger partial charge in [0.1, 0.15) is 11.5 Å². The van der Waals surface area contributed by atoms with Gasteiger partial charge in [-0.2, -0.15) is 0 Å². The lowest BCUT2D eigenvalue weighted by atomic mass is 9.83. The Morgan fingerprint density at radius 3 is 2.75 bits per heavy atom. The van der Waals surface area contributed by atoms with Crippen LogP contribution in [0.3, 0.4) is 0 Å². The number of aliphatic hydroxyl groups excluding tert-OH is 1. The summed E-state index contributed by atoms with van der Waals surface area (Å²) in [5, 5.41) is 27.8. The Labute approximate surface area is 213 Å². The summed E-state index contributed by atoms with van der Waals surface area (Å²) in [5.41, 5.74) is 5.76. The SMILES string of the molecule is COc1c(O)ccc2c1-c1ccc3c(c1C(=Cc1sccc1C(=O)NCCO)O2)C(C)=CC(C)(C)N3. The van der Waals surface area contributed by atoms with Crippen LogP contribution >= 0.6 is 11.3 Å². The minimum Gasteiger partial charge on any atom is -0.504 e. The second-order valence-electron chi connectivity index (χ2n) is 9.36. The Balaban J connectivity index is 1.76. The maximum atomic E-state index is 12.7. The van der Waals surface area contributed by atoms with E-state index in [9.17, 15) is 9.90 Å². The third-order valence-electron chi connectivity index (χ3n) is 6.27. The van der Waals surface area contributed by atoms with Crippen LogP contribution in [0, 0.1) is 0 Å². The van der Waals surface area contributed by atoms with Crippen LogP contribution in [0.4, 0.5) is 5.69 Å². The normalized spacial score (nSPS) is 16.1. The van der Waals surface area contributed by atoms with E-state index in [0.29, 0.717) is 28.4 Å². The summed E-state index contributed by atoms with van der Waals surface area (Å²) >= 11 is 1.43. The topological polar surface area (TPSA) is 100 Å². The molecule has 7 nitrogen and oxygen atoms in total. The molecule has 4 N–H and O–H groups in total. The predicted octanol–water partition coefficient (Wildman–Crippen LogP) is 5.35. The molecule has 8 heteroatoms. The lowest BCUT2D eigenvalue weighted by Crippen LogP contribution is -2.32. The highest BCUT2D eigenvalue weighted by atomic mass is 32.1. The molecule has 0 atom stereocenters. The van der Waals surface area contributed by atoms with Crippen LogP contribution in [-0.2, 0) is 0 Å². The first-order valence-corrected chi connectivity index (χ1v) is 12.5. The molecule has 0 radical (unpaired) electrons. The number of allylic oxidation sites excluding steroid dienone is 1. The van der Waals surface area contributed by atoms with E-state index >= 15 is 0 Å². The number of thiophene rings is 1. The van der Waals surface area contributed by atoms with Crippen LogP contribution in [0.25, 0.3) is 28.5 Å². The molecule has 1 amide bonds. The van der Waals surface area contributed by atoms with Crippen molar-refractivity contribution in [1.29, 1.82) is 0 Å². The second-order valence-corrected chi connectivity index (χ2v) is 10.3. The highest BCUT2D eigenvalue weighted by molar-refractivity contribution is 7.11. The zero-order valence-electron chi connectivity index (χ0n) is 20.6. The monoisotopic (exact) mass is 504 g/mol. The highest BCUT2D eigenvalue weighted by Crippen LogP contribution is 2.54. The number of fused-ring (bicyclic) bond motifs is 5. The molecule has 0 saturated carbocycles. The van der Waals surface area contributed by atoms with Crippen molar-refractivity contribution in [2.24, 2.45) is 0 Å². The summed E-state index contributed by atoms with van der Waals surface area (Å²) < 4.78 is 12.0. The Morgan fingerprint density at radius 1 is 1.19 bits per heavy atom. The fourth-order valence-corrected chi connectivity index (χ4v) is 5.77. The van der Waals surface area contributed by atoms with Crippen LogP contribution in [0.5, 0.6) is 17.2 Å². The molecule has 0 aliphatic carbocycles. The third-order valence-corrected chi connectivity index (χ3v) is 7.14. The summed E-state index contributed by atoms with van der Waals surface area (Å²) in [4.78, 5) is 13.4. The number of carbonyl (C=O) groups excluding carboxylic acids is 1. The molecule has 3 heterocycles. The molecular weight excluding hydrogens is 476 g/mol. The number of ether oxygens (including phenoxy) is 2. The van der Waals surface area contributed by atoms with Crippen molar-refractivity contribution in [3.8, 4) is 28.4 Å². The van der Waals surface area contributed by atoms with Gasteiger partial charge in [-0.25, -0.2) is 0 Å². The Morgan fingerprint density at radius 2 is 2.00 bits per heavy atom. The van der Waals surface area contributed by atoms with Crippen LogP contribution < -0.4 is 20.1 Å². The molecule has 2 aliphatic heterocycles. The first-order chi connectivity index (χ1) is 17.2. The van der Waals surface area contributed by atoms with E-state index in [-0.39, 0.29) is 30.3 Å². The third kappa shape index (κ3) is 4.02. The number of phenolic OH excluding ortho intramolecular Hbond substituents is 1. The van der Waals surface area contributed by atoms with Gasteiger partial charge < -0.3 is 30.3 Å². The number of carbonyl (C=O) groups is 1. The molecule has 2 aromatic carbocycles. The fraction of sp³-hybridized carbons (Fsp3) is 0.250. The van der Waals surface area contributed by atoms with Crippen LogP contribution in [-0.4, -0.2) is 41.9 Å². The maximum absolute atomic E-state index is 12.7. The van der Waals surface area contributed by atoms with Gasteiger partial charge >= 0.3 is 0 Å². The molecule has 0 spiro atoms. The van der Waals surface area contributed by atoms with Gasteiger partial charge in [0.25, 0.3) is 5.91 Å². The molecule has 3 aromatic rings. The van der Waals surface area contributed by atoms with Crippen molar-refractivity contribution in [2.45, 2.75) is 26.3 Å². The number of hydrogen-bond acceptors (Lipinski definition) is 7. The van der Waals surface area contributed by atoms with Crippen molar-refractivity contribution < 1.29 is 24.5 Å². The second kappa shape index (κ2) is 9.04. The number of benzene rings is 2. The highest BCUT2D eigenvalue weighted by Gasteiger charge is 2.33. The molecule has 2 aliphatic rings. The van der Waals surface area contributed by atoms with Gasteiger partial charge in [0.2, 0.25) is 0 Å². The minimum atomic E-state index is -0.255. The molecule has 0 fully saturated rings. The number of anilines is 1. The number of rotatable bonds is 5. The molecule has 0 bridgehead atoms. The van der Waals surface area contributed by atoms with Crippen molar-refractivity contribution >= 4 is 40.3 Å². The quantitative estimate of drug-likeness (QED) is 0.374. The zero-order valence-corrected chi connectivity index (χ0v) is 21.4. The molecule has 36 heavy (non-hydrogen) atoms. The summed E-state index contributed by atoms with van der Waals surface area (Å²) in [5.74, 6) is 1.27. The van der Waals surface area contributed by atoms with E-state index in [2.05, 4.69) is 37.5 Å². The lowest BCUT2D eigenvalue weighted by molar-refractivity contribution is 0.0945. The first kappa shape index (κ1) is 24.0. The molecular formula is C28H28N2O5S. The van der Waals surface area contributed by atoms with Gasteiger partial charge in [-0.05, 0) is 62.1 Å². The predicted molar refractivity (Wildman–Crippen MR) is 144 cm³/mol. The average molecular weight is 505 g/mol. The van der Waals surface area contributed by atoms with Gasteiger partial charge in [-0.3, -0.25) is 4.79 Å². The average Bonchev–Trinajstić information content (AvgIpc) is 3.29.